The number of aliphatic hydroxyl groups is 1. The second kappa shape index (κ2) is 9.47. The lowest BCUT2D eigenvalue weighted by molar-refractivity contribution is 0.0303. The number of amides is 1. The number of aliphatic hydroxyl groups excluding tert-OH is 1. The number of fused-ring (bicyclic) bond motifs is 3. The van der Waals surface area contributed by atoms with Crippen LogP contribution in [0.4, 0.5) is 25.1 Å². The molecule has 2 aliphatic rings. The van der Waals surface area contributed by atoms with Crippen LogP contribution in [0.5, 0.6) is 0 Å². The molecule has 2 bridgehead atoms. The van der Waals surface area contributed by atoms with Crippen molar-refractivity contribution < 1.29 is 28.2 Å². The molecule has 10 nitrogen and oxygen atoms in total. The van der Waals surface area contributed by atoms with Gasteiger partial charge in [-0.05, 0) is 37.1 Å². The molecular formula is C22H24F2N6O4. The molecule has 2 saturated heterocycles. The van der Waals surface area contributed by atoms with Crippen molar-refractivity contribution in [1.29, 1.82) is 0 Å². The van der Waals surface area contributed by atoms with E-state index in [0.29, 0.717) is 47.0 Å². The fourth-order valence-corrected chi connectivity index (χ4v) is 4.36. The molecule has 3 aromatic rings. The Morgan fingerprint density at radius 2 is 1.94 bits per heavy atom. The smallest absolute Gasteiger partial charge is 0.411 e. The largest absolute Gasteiger partial charge is 0.447 e. The van der Waals surface area contributed by atoms with Gasteiger partial charge in [-0.2, -0.15) is 5.10 Å². The van der Waals surface area contributed by atoms with Gasteiger partial charge in [0, 0.05) is 24.3 Å². The predicted octanol–water partition coefficient (Wildman–Crippen LogP) is 2.67. The van der Waals surface area contributed by atoms with Crippen molar-refractivity contribution >= 4 is 28.6 Å². The van der Waals surface area contributed by atoms with Gasteiger partial charge in [-0.1, -0.05) is 0 Å². The van der Waals surface area contributed by atoms with Crippen LogP contribution in [0.3, 0.4) is 0 Å². The predicted molar refractivity (Wildman–Crippen MR) is 119 cm³/mol. The number of rotatable bonds is 7. The van der Waals surface area contributed by atoms with Gasteiger partial charge in [-0.15, -0.1) is 0 Å². The number of carbonyl (C=O) groups is 1. The van der Waals surface area contributed by atoms with Crippen molar-refractivity contribution in [2.24, 2.45) is 0 Å². The van der Waals surface area contributed by atoms with E-state index in [0.717, 1.165) is 12.8 Å². The molecule has 2 N–H and O–H groups in total. The van der Waals surface area contributed by atoms with Crippen LogP contribution in [0.2, 0.25) is 0 Å². The molecule has 2 fully saturated rings. The number of hydrogen-bond acceptors (Lipinski definition) is 8. The highest BCUT2D eigenvalue weighted by atomic mass is 19.3. The van der Waals surface area contributed by atoms with Crippen LogP contribution >= 0.6 is 0 Å². The number of halogens is 2. The Kier molecular flexibility index (Phi) is 6.24. The van der Waals surface area contributed by atoms with Crippen LogP contribution in [-0.2, 0) is 16.0 Å². The first-order valence-electron chi connectivity index (χ1n) is 11.1. The Bertz CT molecular complexity index is 1160. The Hall–Kier alpha value is -3.38. The van der Waals surface area contributed by atoms with E-state index in [1.54, 1.807) is 30.5 Å². The van der Waals surface area contributed by atoms with Crippen molar-refractivity contribution in [2.75, 3.05) is 36.5 Å². The summed E-state index contributed by atoms with van der Waals surface area (Å²) in [5.74, 6) is 1.02. The monoisotopic (exact) mass is 474 g/mol. The Morgan fingerprint density at radius 3 is 2.62 bits per heavy atom. The number of benzene rings is 1. The van der Waals surface area contributed by atoms with E-state index >= 15 is 0 Å². The molecule has 4 heterocycles. The molecule has 1 amide bonds. The summed E-state index contributed by atoms with van der Waals surface area (Å²) in [6, 6.07) is 6.77. The number of alkyl halides is 2. The van der Waals surface area contributed by atoms with E-state index in [1.807, 2.05) is 0 Å². The number of nitrogens with one attached hydrogen (secondary N) is 1. The van der Waals surface area contributed by atoms with Crippen LogP contribution in [-0.4, -0.2) is 75.9 Å². The van der Waals surface area contributed by atoms with E-state index in [9.17, 15) is 13.6 Å². The molecule has 2 atom stereocenters. The number of ether oxygens (including phenoxy) is 2. The topological polar surface area (TPSA) is 115 Å². The highest BCUT2D eigenvalue weighted by Crippen LogP contribution is 2.34. The molecule has 0 saturated carbocycles. The van der Waals surface area contributed by atoms with E-state index in [4.69, 9.17) is 19.6 Å². The van der Waals surface area contributed by atoms with Crippen molar-refractivity contribution in [3.63, 3.8) is 0 Å². The number of morpholine rings is 1. The minimum atomic E-state index is -2.57. The molecule has 0 spiro atoms. The summed E-state index contributed by atoms with van der Waals surface area (Å²) in [7, 11) is 0. The van der Waals surface area contributed by atoms with E-state index in [-0.39, 0.29) is 25.4 Å². The Balaban J connectivity index is 1.48. The third-order valence-corrected chi connectivity index (χ3v) is 5.84. The Morgan fingerprint density at radius 1 is 1.21 bits per heavy atom. The summed E-state index contributed by atoms with van der Waals surface area (Å²) < 4.78 is 38.2. The lowest BCUT2D eigenvalue weighted by atomic mass is 10.2. The third-order valence-electron chi connectivity index (χ3n) is 5.84. The molecule has 0 aliphatic carbocycles. The zero-order chi connectivity index (χ0) is 23.7. The maximum absolute atomic E-state index is 13.2. The highest BCUT2D eigenvalue weighted by Gasteiger charge is 2.35. The molecule has 2 unspecified atom stereocenters. The lowest BCUT2D eigenvalue weighted by Crippen LogP contribution is -2.43. The van der Waals surface area contributed by atoms with Gasteiger partial charge in [0.25, 0.3) is 6.43 Å². The number of anilines is 2. The van der Waals surface area contributed by atoms with E-state index < -0.39 is 19.1 Å². The standard InChI is InChI=1S/C22H24F2N6O4/c23-18(24)12-30-21-17(9-25-30)20(29-10-15-5-6-16(11-29)34-15)27-19(28-21)13-1-3-14(4-2-13)26-22(32)33-8-7-31/h1-4,9,15-16,18,31H,5-8,10-12H2,(H,26,32). The quantitative estimate of drug-likeness (QED) is 0.537. The molecule has 1 aromatic carbocycles. The average molecular weight is 474 g/mol. The second-order valence-electron chi connectivity index (χ2n) is 8.25. The van der Waals surface area contributed by atoms with Crippen LogP contribution in [0, 0.1) is 0 Å². The number of carbonyl (C=O) groups excluding carboxylic acids is 1. The van der Waals surface area contributed by atoms with Crippen LogP contribution in [0.15, 0.2) is 30.5 Å². The molecule has 0 radical (unpaired) electrons. The van der Waals surface area contributed by atoms with Crippen molar-refractivity contribution in [1.82, 2.24) is 19.7 Å². The van der Waals surface area contributed by atoms with E-state index in [2.05, 4.69) is 20.3 Å². The van der Waals surface area contributed by atoms with Crippen molar-refractivity contribution in [2.45, 2.75) is 38.0 Å². The fraction of sp³-hybridized carbons (Fsp3) is 0.455. The average Bonchev–Trinajstić information content (AvgIpc) is 3.39. The van der Waals surface area contributed by atoms with Gasteiger partial charge in [0.05, 0.1) is 30.4 Å². The van der Waals surface area contributed by atoms with Gasteiger partial charge in [0.1, 0.15) is 19.0 Å². The highest BCUT2D eigenvalue weighted by molar-refractivity contribution is 5.89. The SMILES string of the molecule is O=C(Nc1ccc(-c2nc(N3CC4CCC(C3)O4)c3cnn(CC(F)F)c3n2)cc1)OCCO. The first-order chi connectivity index (χ1) is 16.5. The van der Waals surface area contributed by atoms with Gasteiger partial charge in [-0.3, -0.25) is 5.32 Å². The van der Waals surface area contributed by atoms with E-state index in [1.165, 1.54) is 4.68 Å². The normalized spacial score (nSPS) is 19.7. The van der Waals surface area contributed by atoms with Gasteiger partial charge in [0.15, 0.2) is 11.5 Å². The molecule has 5 rings (SSSR count). The van der Waals surface area contributed by atoms with Gasteiger partial charge < -0.3 is 19.5 Å². The maximum atomic E-state index is 13.2. The molecule has 34 heavy (non-hydrogen) atoms. The molecule has 2 aliphatic heterocycles. The fourth-order valence-electron chi connectivity index (χ4n) is 4.36. The minimum Gasteiger partial charge on any atom is -0.447 e. The summed E-state index contributed by atoms with van der Waals surface area (Å²) in [5.41, 5.74) is 1.48. The first kappa shape index (κ1) is 22.4. The van der Waals surface area contributed by atoms with Crippen molar-refractivity contribution in [3.8, 4) is 11.4 Å². The minimum absolute atomic E-state index is 0.101. The zero-order valence-electron chi connectivity index (χ0n) is 18.2. The lowest BCUT2D eigenvalue weighted by Gasteiger charge is -2.33. The zero-order valence-corrected chi connectivity index (χ0v) is 18.2. The summed E-state index contributed by atoms with van der Waals surface area (Å²) in [5, 5.41) is 16.1. The molecule has 12 heteroatoms. The van der Waals surface area contributed by atoms with Crippen LogP contribution in [0.25, 0.3) is 22.4 Å². The number of aromatic nitrogens is 4. The van der Waals surface area contributed by atoms with Crippen LogP contribution < -0.4 is 10.2 Å². The maximum Gasteiger partial charge on any atom is 0.411 e. The van der Waals surface area contributed by atoms with Crippen LogP contribution in [0.1, 0.15) is 12.8 Å². The van der Waals surface area contributed by atoms with Gasteiger partial charge in [0.2, 0.25) is 0 Å². The second-order valence-corrected chi connectivity index (χ2v) is 8.25. The summed E-state index contributed by atoms with van der Waals surface area (Å²) >= 11 is 0. The Labute approximate surface area is 193 Å². The summed E-state index contributed by atoms with van der Waals surface area (Å²) in [4.78, 5) is 23.2. The third kappa shape index (κ3) is 4.64. The summed E-state index contributed by atoms with van der Waals surface area (Å²) in [6.45, 7) is 0.408. The van der Waals surface area contributed by atoms with Gasteiger partial charge >= 0.3 is 6.09 Å². The van der Waals surface area contributed by atoms with Crippen molar-refractivity contribution in [3.05, 3.63) is 30.5 Å². The molecular weight excluding hydrogens is 450 g/mol. The number of nitrogens with zero attached hydrogens (tertiary/aromatic N) is 5. The molecule has 2 aromatic heterocycles. The van der Waals surface area contributed by atoms with Gasteiger partial charge in [-0.25, -0.2) is 28.2 Å². The first-order valence-corrected chi connectivity index (χ1v) is 11.1. The number of hydrogen-bond donors (Lipinski definition) is 2. The summed E-state index contributed by atoms with van der Waals surface area (Å²) in [6.07, 6.45) is 0.516. The molecule has 180 valence electrons.